The monoisotopic (exact) mass is 510 g/mol. The number of ether oxygens (including phenoxy) is 3. The lowest BCUT2D eigenvalue weighted by molar-refractivity contribution is -0.129. The van der Waals surface area contributed by atoms with E-state index in [0.717, 1.165) is 23.5 Å². The summed E-state index contributed by atoms with van der Waals surface area (Å²) in [4.78, 5) is 0. The molecule has 5 heteroatoms. The molecule has 3 nitrogen and oxygen atoms in total. The smallest absolute Gasteiger partial charge is 0.149 e. The number of rotatable bonds is 22. The highest BCUT2D eigenvalue weighted by Crippen LogP contribution is 2.06. The van der Waals surface area contributed by atoms with Crippen molar-refractivity contribution in [2.45, 2.75) is 77.0 Å². The number of unbranched alkanes of at least 4 members (excludes halogenated alkanes) is 8. The van der Waals surface area contributed by atoms with Gasteiger partial charge in [0.1, 0.15) is 13.6 Å². The van der Waals surface area contributed by atoms with Crippen LogP contribution in [0.15, 0.2) is 24.3 Å². The number of alkyl halides is 2. The fraction of sp³-hybridized carbons (Fsp3) is 0.818. The average Bonchev–Trinajstić information content (AvgIpc) is 2.68. The van der Waals surface area contributed by atoms with E-state index in [1.807, 2.05) is 0 Å². The van der Waals surface area contributed by atoms with E-state index in [1.165, 1.54) is 64.2 Å². The second kappa shape index (κ2) is 26.3. The van der Waals surface area contributed by atoms with Crippen molar-refractivity contribution in [1.82, 2.24) is 0 Å². The third kappa shape index (κ3) is 26.3. The first-order chi connectivity index (χ1) is 13.4. The van der Waals surface area contributed by atoms with Crippen molar-refractivity contribution in [3.05, 3.63) is 24.3 Å². The zero-order valence-electron chi connectivity index (χ0n) is 17.0. The van der Waals surface area contributed by atoms with Crippen molar-refractivity contribution in [1.29, 1.82) is 0 Å². The Kier molecular flexibility index (Phi) is 26.6. The van der Waals surface area contributed by atoms with Gasteiger partial charge in [0.15, 0.2) is 0 Å². The van der Waals surface area contributed by atoms with Gasteiger partial charge < -0.3 is 14.2 Å². The van der Waals surface area contributed by atoms with E-state index in [-0.39, 0.29) is 0 Å². The van der Waals surface area contributed by atoms with Gasteiger partial charge in [0.05, 0.1) is 13.2 Å². The average molecular weight is 512 g/mol. The molecule has 0 N–H and O–H groups in total. The largest absolute Gasteiger partial charge is 0.355 e. The molecule has 0 aliphatic heterocycles. The van der Waals surface area contributed by atoms with E-state index in [9.17, 15) is 0 Å². The Hall–Kier alpha value is 0.320. The first-order valence-corrected chi connectivity index (χ1v) is 12.8. The number of hydrogen-bond acceptors (Lipinski definition) is 3. The molecular formula is C22H40Br2O3. The highest BCUT2D eigenvalue weighted by Gasteiger charge is 1.90. The predicted octanol–water partition coefficient (Wildman–Crippen LogP) is 7.53. The van der Waals surface area contributed by atoms with Gasteiger partial charge in [-0.05, 0) is 51.4 Å². The Morgan fingerprint density at radius 3 is 1.30 bits per heavy atom. The lowest BCUT2D eigenvalue weighted by Gasteiger charge is -2.05. The molecular weight excluding hydrogens is 472 g/mol. The predicted molar refractivity (Wildman–Crippen MR) is 124 cm³/mol. The molecule has 0 aromatic carbocycles. The highest BCUT2D eigenvalue weighted by molar-refractivity contribution is 9.09. The standard InChI is InChI=1S/C22H40Br2O3/c23-17-13-9-5-1-3-7-11-15-19-25-21-27-22-26-20-16-12-8-4-2-6-10-14-18-24/h7-8,11-12H,1-6,9-10,13-22H2. The van der Waals surface area contributed by atoms with E-state index in [2.05, 4.69) is 56.2 Å². The van der Waals surface area contributed by atoms with Crippen LogP contribution in [-0.4, -0.2) is 37.5 Å². The quantitative estimate of drug-likeness (QED) is 0.0650. The van der Waals surface area contributed by atoms with Crippen molar-refractivity contribution < 1.29 is 14.2 Å². The van der Waals surface area contributed by atoms with Crippen LogP contribution in [0.1, 0.15) is 77.0 Å². The van der Waals surface area contributed by atoms with Gasteiger partial charge in [-0.25, -0.2) is 0 Å². The van der Waals surface area contributed by atoms with Crippen molar-refractivity contribution in [3.63, 3.8) is 0 Å². The van der Waals surface area contributed by atoms with Crippen LogP contribution < -0.4 is 0 Å². The van der Waals surface area contributed by atoms with E-state index in [4.69, 9.17) is 14.2 Å². The summed E-state index contributed by atoms with van der Waals surface area (Å²) in [5, 5.41) is 2.25. The van der Waals surface area contributed by atoms with Crippen molar-refractivity contribution in [2.24, 2.45) is 0 Å². The van der Waals surface area contributed by atoms with Crippen LogP contribution >= 0.6 is 31.9 Å². The first kappa shape index (κ1) is 27.3. The maximum atomic E-state index is 5.42. The van der Waals surface area contributed by atoms with Gasteiger partial charge in [-0.3, -0.25) is 0 Å². The maximum absolute atomic E-state index is 5.42. The SMILES string of the molecule is BrCCCCCCC=CCCOCOCOCCC=CCCCCCCBr. The van der Waals surface area contributed by atoms with Gasteiger partial charge in [0.2, 0.25) is 0 Å². The molecule has 0 bridgehead atoms. The van der Waals surface area contributed by atoms with Crippen LogP contribution in [0.3, 0.4) is 0 Å². The van der Waals surface area contributed by atoms with Crippen LogP contribution in [0.5, 0.6) is 0 Å². The van der Waals surface area contributed by atoms with Crippen LogP contribution in [-0.2, 0) is 14.2 Å². The van der Waals surface area contributed by atoms with Gasteiger partial charge >= 0.3 is 0 Å². The molecule has 0 aromatic rings. The molecule has 0 atom stereocenters. The van der Waals surface area contributed by atoms with Crippen molar-refractivity contribution in [3.8, 4) is 0 Å². The maximum Gasteiger partial charge on any atom is 0.149 e. The molecule has 0 fully saturated rings. The van der Waals surface area contributed by atoms with E-state index < -0.39 is 0 Å². The minimum absolute atomic E-state index is 0.310. The normalized spacial score (nSPS) is 11.9. The molecule has 0 saturated heterocycles. The van der Waals surface area contributed by atoms with Gasteiger partial charge in [-0.15, -0.1) is 0 Å². The number of hydrogen-bond donors (Lipinski definition) is 0. The summed E-state index contributed by atoms with van der Waals surface area (Å²) in [7, 11) is 0. The molecule has 0 heterocycles. The Bertz CT molecular complexity index is 293. The minimum Gasteiger partial charge on any atom is -0.355 e. The third-order valence-corrected chi connectivity index (χ3v) is 5.15. The summed E-state index contributed by atoms with van der Waals surface area (Å²) in [6.07, 6.45) is 23.7. The van der Waals surface area contributed by atoms with Crippen LogP contribution in [0.25, 0.3) is 0 Å². The molecule has 0 amide bonds. The fourth-order valence-corrected chi connectivity index (χ4v) is 3.26. The molecule has 0 radical (unpaired) electrons. The summed E-state index contributed by atoms with van der Waals surface area (Å²) in [5.41, 5.74) is 0. The van der Waals surface area contributed by atoms with E-state index in [0.29, 0.717) is 26.8 Å². The summed E-state index contributed by atoms with van der Waals surface area (Å²) in [6, 6.07) is 0. The van der Waals surface area contributed by atoms with Gasteiger partial charge in [0, 0.05) is 10.7 Å². The summed E-state index contributed by atoms with van der Waals surface area (Å²) in [5.74, 6) is 0. The number of allylic oxidation sites excluding steroid dienone is 2. The second-order valence-electron chi connectivity index (χ2n) is 6.56. The molecule has 0 rings (SSSR count). The van der Waals surface area contributed by atoms with Crippen molar-refractivity contribution >= 4 is 31.9 Å². The van der Waals surface area contributed by atoms with E-state index in [1.54, 1.807) is 0 Å². The molecule has 0 aliphatic rings. The molecule has 0 spiro atoms. The Morgan fingerprint density at radius 2 is 0.852 bits per heavy atom. The molecule has 0 unspecified atom stereocenters. The van der Waals surface area contributed by atoms with Crippen LogP contribution in [0.2, 0.25) is 0 Å². The Labute approximate surface area is 184 Å². The summed E-state index contributed by atoms with van der Waals surface area (Å²) >= 11 is 6.92. The number of halogens is 2. The third-order valence-electron chi connectivity index (χ3n) is 4.03. The lowest BCUT2D eigenvalue weighted by Crippen LogP contribution is -2.05. The van der Waals surface area contributed by atoms with Gasteiger partial charge in [-0.2, -0.15) is 0 Å². The minimum atomic E-state index is 0.310. The fourth-order valence-electron chi connectivity index (χ4n) is 2.46. The Morgan fingerprint density at radius 1 is 0.444 bits per heavy atom. The molecule has 0 aliphatic carbocycles. The van der Waals surface area contributed by atoms with Gasteiger partial charge in [-0.1, -0.05) is 81.8 Å². The highest BCUT2D eigenvalue weighted by atomic mass is 79.9. The van der Waals surface area contributed by atoms with Crippen LogP contribution in [0.4, 0.5) is 0 Å². The first-order valence-electron chi connectivity index (χ1n) is 10.6. The van der Waals surface area contributed by atoms with E-state index >= 15 is 0 Å². The summed E-state index contributed by atoms with van der Waals surface area (Å²) in [6.45, 7) is 2.03. The second-order valence-corrected chi connectivity index (χ2v) is 8.15. The topological polar surface area (TPSA) is 27.7 Å². The zero-order valence-corrected chi connectivity index (χ0v) is 20.2. The molecule has 0 saturated carbocycles. The van der Waals surface area contributed by atoms with Crippen molar-refractivity contribution in [2.75, 3.05) is 37.5 Å². The molecule has 160 valence electrons. The Balaban J connectivity index is 3.10. The molecule has 0 aromatic heterocycles. The van der Waals surface area contributed by atoms with Gasteiger partial charge in [0.25, 0.3) is 0 Å². The zero-order chi connectivity index (χ0) is 19.7. The lowest BCUT2D eigenvalue weighted by atomic mass is 10.1. The molecule has 27 heavy (non-hydrogen) atoms. The summed E-state index contributed by atoms with van der Waals surface area (Å²) < 4.78 is 16.1. The van der Waals surface area contributed by atoms with Crippen LogP contribution in [0, 0.1) is 0 Å².